The van der Waals surface area contributed by atoms with E-state index in [4.69, 9.17) is 9.47 Å². The van der Waals surface area contributed by atoms with E-state index < -0.39 is 47.1 Å². The summed E-state index contributed by atoms with van der Waals surface area (Å²) >= 11 is 0. The first-order valence-electron chi connectivity index (χ1n) is 12.6. The molecular weight excluding hydrogens is 474 g/mol. The minimum absolute atomic E-state index is 0.000711. The van der Waals surface area contributed by atoms with Gasteiger partial charge in [-0.15, -0.1) is 0 Å². The molecule has 0 heterocycles. The Hall–Kier alpha value is -3.36. The molecule has 206 valence electrons. The van der Waals surface area contributed by atoms with Crippen LogP contribution in [0, 0.1) is 0 Å². The summed E-state index contributed by atoms with van der Waals surface area (Å²) in [4.78, 5) is 53.2. The van der Waals surface area contributed by atoms with Crippen molar-refractivity contribution in [1.29, 1.82) is 0 Å². The number of hydrogen-bond donors (Lipinski definition) is 2. The number of amides is 3. The van der Waals surface area contributed by atoms with Crippen LogP contribution in [0.2, 0.25) is 0 Å². The number of benzene rings is 1. The largest absolute Gasteiger partial charge is 0.466 e. The van der Waals surface area contributed by atoms with Crippen LogP contribution in [0.1, 0.15) is 85.4 Å². The van der Waals surface area contributed by atoms with Crippen LogP contribution in [-0.2, 0) is 23.9 Å². The average Bonchev–Trinajstić information content (AvgIpc) is 2.80. The summed E-state index contributed by atoms with van der Waals surface area (Å²) in [5.74, 6) is -1.33. The lowest BCUT2D eigenvalue weighted by atomic mass is 9.91. The number of carbonyl (C=O) groups excluding carboxylic acids is 4. The monoisotopic (exact) mass is 517 g/mol. The van der Waals surface area contributed by atoms with Crippen LogP contribution in [0.4, 0.5) is 4.79 Å². The van der Waals surface area contributed by atoms with Crippen molar-refractivity contribution in [3.63, 3.8) is 0 Å². The fourth-order valence-corrected chi connectivity index (χ4v) is 3.59. The van der Waals surface area contributed by atoms with Crippen LogP contribution in [0.5, 0.6) is 0 Å². The fraction of sp³-hybridized carbons (Fsp3) is 0.571. The highest BCUT2D eigenvalue weighted by molar-refractivity contribution is 5.92. The fourth-order valence-electron chi connectivity index (χ4n) is 3.59. The summed E-state index contributed by atoms with van der Waals surface area (Å²) in [6, 6.07) is 5.18. The van der Waals surface area contributed by atoms with E-state index in [9.17, 15) is 19.2 Å². The molecule has 3 amide bonds. The second-order valence-corrected chi connectivity index (χ2v) is 10.4. The van der Waals surface area contributed by atoms with Crippen molar-refractivity contribution >= 4 is 30.0 Å². The predicted octanol–water partition coefficient (Wildman–Crippen LogP) is 4.37. The molecule has 0 saturated carbocycles. The van der Waals surface area contributed by atoms with Crippen molar-refractivity contribution in [3.05, 3.63) is 42.0 Å². The SMILES string of the molecule is C=Cc1cccc(C(C(=O)NCCC(=O)OCC)N(C(=O)C(C)NC(=O)OC(C)(C)C)C(C)(C)CC)c1. The minimum Gasteiger partial charge on any atom is -0.466 e. The van der Waals surface area contributed by atoms with Gasteiger partial charge in [0.25, 0.3) is 0 Å². The first-order valence-corrected chi connectivity index (χ1v) is 12.6. The normalized spacial score (nSPS) is 13.1. The molecule has 2 N–H and O–H groups in total. The lowest BCUT2D eigenvalue weighted by molar-refractivity contribution is -0.149. The van der Waals surface area contributed by atoms with E-state index in [-0.39, 0.29) is 19.6 Å². The van der Waals surface area contributed by atoms with Crippen LogP contribution < -0.4 is 10.6 Å². The van der Waals surface area contributed by atoms with Gasteiger partial charge in [-0.05, 0) is 72.1 Å². The van der Waals surface area contributed by atoms with Gasteiger partial charge in [0.2, 0.25) is 11.8 Å². The van der Waals surface area contributed by atoms with Gasteiger partial charge in [-0.1, -0.05) is 37.8 Å². The Balaban J connectivity index is 3.44. The smallest absolute Gasteiger partial charge is 0.408 e. The lowest BCUT2D eigenvalue weighted by Gasteiger charge is -2.44. The number of hydrogen-bond acceptors (Lipinski definition) is 6. The molecule has 0 aromatic heterocycles. The maximum atomic E-state index is 13.9. The van der Waals surface area contributed by atoms with E-state index >= 15 is 0 Å². The third kappa shape index (κ3) is 9.90. The van der Waals surface area contributed by atoms with Gasteiger partial charge in [0.15, 0.2) is 0 Å². The van der Waals surface area contributed by atoms with Crippen molar-refractivity contribution < 1.29 is 28.7 Å². The molecular formula is C28H43N3O6. The molecule has 2 unspecified atom stereocenters. The Morgan fingerprint density at radius 3 is 2.30 bits per heavy atom. The van der Waals surface area contributed by atoms with Crippen molar-refractivity contribution in [1.82, 2.24) is 15.5 Å². The van der Waals surface area contributed by atoms with Crippen LogP contribution in [0.3, 0.4) is 0 Å². The molecule has 37 heavy (non-hydrogen) atoms. The molecule has 9 heteroatoms. The first-order chi connectivity index (χ1) is 17.2. The van der Waals surface area contributed by atoms with E-state index in [0.717, 1.165) is 5.56 Å². The molecule has 1 aromatic carbocycles. The number of nitrogens with one attached hydrogen (secondary N) is 2. The van der Waals surface area contributed by atoms with E-state index in [2.05, 4.69) is 17.2 Å². The molecule has 2 atom stereocenters. The summed E-state index contributed by atoms with van der Waals surface area (Å²) in [6.45, 7) is 18.2. The van der Waals surface area contributed by atoms with Gasteiger partial charge in [-0.25, -0.2) is 4.79 Å². The summed E-state index contributed by atoms with van der Waals surface area (Å²) in [5.41, 5.74) is -0.149. The van der Waals surface area contributed by atoms with Crippen LogP contribution in [-0.4, -0.2) is 59.1 Å². The second kappa shape index (κ2) is 13.8. The van der Waals surface area contributed by atoms with Gasteiger partial charge < -0.3 is 25.0 Å². The van der Waals surface area contributed by atoms with Gasteiger partial charge >= 0.3 is 12.1 Å². The van der Waals surface area contributed by atoms with Crippen molar-refractivity contribution in [2.24, 2.45) is 0 Å². The van der Waals surface area contributed by atoms with Crippen LogP contribution >= 0.6 is 0 Å². The summed E-state index contributed by atoms with van der Waals surface area (Å²) in [6.07, 6.45) is 1.46. The predicted molar refractivity (Wildman–Crippen MR) is 144 cm³/mol. The first kappa shape index (κ1) is 31.7. The van der Waals surface area contributed by atoms with E-state index in [0.29, 0.717) is 12.0 Å². The summed E-state index contributed by atoms with van der Waals surface area (Å²) < 4.78 is 10.3. The summed E-state index contributed by atoms with van der Waals surface area (Å²) in [5, 5.41) is 5.37. The highest BCUT2D eigenvalue weighted by Gasteiger charge is 2.42. The number of ether oxygens (including phenoxy) is 2. The molecule has 9 nitrogen and oxygen atoms in total. The highest BCUT2D eigenvalue weighted by atomic mass is 16.6. The Kier molecular flexibility index (Phi) is 11.8. The number of carbonyl (C=O) groups is 4. The second-order valence-electron chi connectivity index (χ2n) is 10.4. The Bertz CT molecular complexity index is 967. The molecule has 0 aliphatic rings. The van der Waals surface area contributed by atoms with E-state index in [1.54, 1.807) is 58.9 Å². The highest BCUT2D eigenvalue weighted by Crippen LogP contribution is 2.32. The van der Waals surface area contributed by atoms with Crippen molar-refractivity contribution in [2.75, 3.05) is 13.2 Å². The topological polar surface area (TPSA) is 114 Å². The number of nitrogens with zero attached hydrogens (tertiary/aromatic N) is 1. The number of esters is 1. The zero-order valence-electron chi connectivity index (χ0n) is 23.5. The maximum Gasteiger partial charge on any atom is 0.408 e. The van der Waals surface area contributed by atoms with Gasteiger partial charge in [-0.2, -0.15) is 0 Å². The third-order valence-corrected chi connectivity index (χ3v) is 5.76. The molecule has 0 bridgehead atoms. The minimum atomic E-state index is -1.03. The molecule has 0 saturated heterocycles. The average molecular weight is 518 g/mol. The molecule has 0 fully saturated rings. The van der Waals surface area contributed by atoms with Gasteiger partial charge in [0.05, 0.1) is 13.0 Å². The molecule has 0 aliphatic heterocycles. The van der Waals surface area contributed by atoms with Gasteiger partial charge in [0, 0.05) is 12.1 Å². The Morgan fingerprint density at radius 2 is 1.76 bits per heavy atom. The zero-order valence-corrected chi connectivity index (χ0v) is 23.5. The molecule has 1 rings (SSSR count). The zero-order chi connectivity index (χ0) is 28.4. The molecule has 0 spiro atoms. The number of alkyl carbamates (subject to hydrolysis) is 1. The van der Waals surface area contributed by atoms with Gasteiger partial charge in [0.1, 0.15) is 17.7 Å². The van der Waals surface area contributed by atoms with Crippen molar-refractivity contribution in [3.8, 4) is 0 Å². The van der Waals surface area contributed by atoms with Crippen LogP contribution in [0.15, 0.2) is 30.8 Å². The summed E-state index contributed by atoms with van der Waals surface area (Å²) in [7, 11) is 0. The van der Waals surface area contributed by atoms with Crippen LogP contribution in [0.25, 0.3) is 6.08 Å². The van der Waals surface area contributed by atoms with E-state index in [1.807, 2.05) is 26.8 Å². The van der Waals surface area contributed by atoms with Gasteiger partial charge in [-0.3, -0.25) is 14.4 Å². The quantitative estimate of drug-likeness (QED) is 0.398. The maximum absolute atomic E-state index is 13.9. The van der Waals surface area contributed by atoms with Crippen molar-refractivity contribution in [2.45, 2.75) is 91.5 Å². The number of rotatable bonds is 12. The Labute approximate surface area is 221 Å². The Morgan fingerprint density at radius 1 is 1.11 bits per heavy atom. The lowest BCUT2D eigenvalue weighted by Crippen LogP contribution is -2.58. The van der Waals surface area contributed by atoms with E-state index in [1.165, 1.54) is 4.90 Å². The molecule has 0 radical (unpaired) electrons. The standard InChI is InChI=1S/C28H43N3O6/c1-10-20-14-13-15-21(18-20)23(24(33)29-17-16-22(32)36-12-3)31(28(8,9)11-2)25(34)19(4)30-26(35)37-27(5,6)7/h10,13-15,18-19,23H,1,11-12,16-17H2,2-9H3,(H,29,33)(H,30,35). The molecule has 0 aliphatic carbocycles. The third-order valence-electron chi connectivity index (χ3n) is 5.76. The molecule has 1 aromatic rings.